The van der Waals surface area contributed by atoms with Crippen LogP contribution in [0, 0.1) is 5.92 Å². The summed E-state index contributed by atoms with van der Waals surface area (Å²) >= 11 is 0. The SMILES string of the molecule is CCCCCCCCC=CCCCCCCC(CCC)C(=O)O.O=S(=O)(O)O.[H-].[Na+]. The molecule has 0 saturated heterocycles. The average molecular weight is 447 g/mol. The second kappa shape index (κ2) is 24.4. The van der Waals surface area contributed by atoms with Gasteiger partial charge in [-0.1, -0.05) is 83.8 Å². The Labute approximate surface area is 202 Å². The topological polar surface area (TPSA) is 112 Å². The van der Waals surface area contributed by atoms with Crippen LogP contribution in [0.15, 0.2) is 12.2 Å². The van der Waals surface area contributed by atoms with Crippen LogP contribution in [0.3, 0.4) is 0 Å². The van der Waals surface area contributed by atoms with Gasteiger partial charge in [0.25, 0.3) is 0 Å². The van der Waals surface area contributed by atoms with Gasteiger partial charge in [0.2, 0.25) is 0 Å². The quantitative estimate of drug-likeness (QED) is 0.136. The van der Waals surface area contributed by atoms with E-state index in [1.54, 1.807) is 0 Å². The number of carboxylic acids is 1. The van der Waals surface area contributed by atoms with E-state index in [4.69, 9.17) is 22.6 Å². The van der Waals surface area contributed by atoms with Crippen LogP contribution < -0.4 is 29.6 Å². The molecular weight excluding hydrogens is 403 g/mol. The second-order valence-electron chi connectivity index (χ2n) is 7.29. The predicted octanol–water partition coefficient (Wildman–Crippen LogP) is 3.60. The largest absolute Gasteiger partial charge is 1.00 e. The number of allylic oxidation sites excluding steroid dienone is 2. The Balaban J connectivity index is -0.000000429. The van der Waals surface area contributed by atoms with Crippen molar-refractivity contribution in [3.63, 3.8) is 0 Å². The van der Waals surface area contributed by atoms with Crippen molar-refractivity contribution in [3.05, 3.63) is 12.2 Å². The van der Waals surface area contributed by atoms with E-state index < -0.39 is 16.4 Å². The molecule has 29 heavy (non-hydrogen) atoms. The molecule has 0 radical (unpaired) electrons. The Morgan fingerprint density at radius 3 is 1.62 bits per heavy atom. The molecule has 0 aromatic rings. The second-order valence-corrected chi connectivity index (χ2v) is 8.19. The van der Waals surface area contributed by atoms with Gasteiger partial charge in [0.1, 0.15) is 0 Å². The van der Waals surface area contributed by atoms with Gasteiger partial charge in [0.05, 0.1) is 5.92 Å². The normalized spacial score (nSPS) is 12.1. The molecule has 0 amide bonds. The Morgan fingerprint density at radius 2 is 1.21 bits per heavy atom. The van der Waals surface area contributed by atoms with E-state index in [0.717, 1.165) is 25.7 Å². The number of aliphatic carboxylic acids is 1. The Morgan fingerprint density at radius 1 is 0.793 bits per heavy atom. The zero-order chi connectivity index (χ0) is 21.7. The molecule has 0 saturated carbocycles. The van der Waals surface area contributed by atoms with Gasteiger partial charge >= 0.3 is 45.9 Å². The van der Waals surface area contributed by atoms with Crippen LogP contribution in [-0.4, -0.2) is 28.6 Å². The zero-order valence-electron chi connectivity index (χ0n) is 19.8. The summed E-state index contributed by atoms with van der Waals surface area (Å²) in [4.78, 5) is 11.0. The van der Waals surface area contributed by atoms with Crippen LogP contribution in [0.4, 0.5) is 0 Å². The molecular formula is C21H43NaO6S. The number of carboxylic acid groups (broad SMARTS) is 1. The maximum absolute atomic E-state index is 11.0. The van der Waals surface area contributed by atoms with E-state index in [0.29, 0.717) is 0 Å². The molecule has 0 aliphatic heterocycles. The molecule has 3 N–H and O–H groups in total. The first-order chi connectivity index (χ1) is 13.2. The van der Waals surface area contributed by atoms with Gasteiger partial charge in [-0.3, -0.25) is 13.9 Å². The van der Waals surface area contributed by atoms with Crippen LogP contribution in [0.1, 0.15) is 112 Å². The third-order valence-corrected chi connectivity index (χ3v) is 4.55. The van der Waals surface area contributed by atoms with E-state index in [1.807, 2.05) is 0 Å². The molecule has 170 valence electrons. The van der Waals surface area contributed by atoms with Crippen molar-refractivity contribution >= 4 is 16.4 Å². The minimum atomic E-state index is -4.67. The summed E-state index contributed by atoms with van der Waals surface area (Å²) in [6.07, 6.45) is 22.8. The van der Waals surface area contributed by atoms with Gasteiger partial charge in [0, 0.05) is 0 Å². The minimum absolute atomic E-state index is 0. The van der Waals surface area contributed by atoms with Gasteiger partial charge in [-0.05, 0) is 38.5 Å². The smallest absolute Gasteiger partial charge is 1.00 e. The molecule has 0 aliphatic carbocycles. The van der Waals surface area contributed by atoms with Crippen molar-refractivity contribution < 1.29 is 58.4 Å². The summed E-state index contributed by atoms with van der Waals surface area (Å²) in [5, 5.41) is 9.10. The van der Waals surface area contributed by atoms with Crippen molar-refractivity contribution in [2.24, 2.45) is 5.92 Å². The predicted molar refractivity (Wildman–Crippen MR) is 116 cm³/mol. The summed E-state index contributed by atoms with van der Waals surface area (Å²) in [7, 11) is -4.67. The number of rotatable bonds is 17. The van der Waals surface area contributed by atoms with Crippen molar-refractivity contribution in [2.45, 2.75) is 110 Å². The number of hydrogen-bond acceptors (Lipinski definition) is 3. The van der Waals surface area contributed by atoms with Gasteiger partial charge in [-0.15, -0.1) is 0 Å². The van der Waals surface area contributed by atoms with E-state index in [2.05, 4.69) is 26.0 Å². The van der Waals surface area contributed by atoms with Crippen LogP contribution >= 0.6 is 0 Å². The molecule has 0 bridgehead atoms. The molecule has 0 aromatic heterocycles. The molecule has 0 spiro atoms. The summed E-state index contributed by atoms with van der Waals surface area (Å²) < 4.78 is 31.6. The van der Waals surface area contributed by atoms with Crippen LogP contribution in [0.2, 0.25) is 0 Å². The first-order valence-electron chi connectivity index (χ1n) is 10.8. The molecule has 0 heterocycles. The van der Waals surface area contributed by atoms with Gasteiger partial charge in [-0.25, -0.2) is 0 Å². The zero-order valence-corrected chi connectivity index (χ0v) is 21.6. The van der Waals surface area contributed by atoms with Gasteiger partial charge < -0.3 is 6.53 Å². The summed E-state index contributed by atoms with van der Waals surface area (Å²) in [6, 6.07) is 0. The molecule has 8 heteroatoms. The first-order valence-corrected chi connectivity index (χ1v) is 12.2. The van der Waals surface area contributed by atoms with Gasteiger partial charge in [0.15, 0.2) is 0 Å². The number of hydrogen-bond donors (Lipinski definition) is 3. The van der Waals surface area contributed by atoms with E-state index in [1.165, 1.54) is 70.6 Å². The minimum Gasteiger partial charge on any atom is -1.00 e. The van der Waals surface area contributed by atoms with Crippen molar-refractivity contribution in [1.82, 2.24) is 0 Å². The Kier molecular flexibility index (Phi) is 28.3. The Hall–Kier alpha value is 0.0800. The van der Waals surface area contributed by atoms with Crippen LogP contribution in [0.5, 0.6) is 0 Å². The number of carbonyl (C=O) groups is 1. The summed E-state index contributed by atoms with van der Waals surface area (Å²) in [6.45, 7) is 4.33. The molecule has 0 fully saturated rings. The van der Waals surface area contributed by atoms with E-state index >= 15 is 0 Å². The molecule has 1 atom stereocenters. The van der Waals surface area contributed by atoms with Crippen molar-refractivity contribution in [1.29, 1.82) is 0 Å². The summed E-state index contributed by atoms with van der Waals surface area (Å²) in [5.41, 5.74) is 0. The number of unbranched alkanes of at least 4 members (excludes halogenated alkanes) is 10. The molecule has 0 rings (SSSR count). The maximum Gasteiger partial charge on any atom is 1.00 e. The summed E-state index contributed by atoms with van der Waals surface area (Å²) in [5.74, 6) is -0.721. The van der Waals surface area contributed by atoms with Crippen LogP contribution in [0.25, 0.3) is 0 Å². The van der Waals surface area contributed by atoms with Crippen molar-refractivity contribution in [2.75, 3.05) is 0 Å². The Bertz CT molecular complexity index is 478. The van der Waals surface area contributed by atoms with Crippen molar-refractivity contribution in [3.8, 4) is 0 Å². The van der Waals surface area contributed by atoms with Gasteiger partial charge in [-0.2, -0.15) is 8.42 Å². The monoisotopic (exact) mass is 446 g/mol. The fourth-order valence-electron chi connectivity index (χ4n) is 3.02. The molecule has 1 unspecified atom stereocenters. The maximum atomic E-state index is 11.0. The molecule has 0 aliphatic rings. The average Bonchev–Trinajstić information content (AvgIpc) is 2.59. The molecule has 6 nitrogen and oxygen atoms in total. The third-order valence-electron chi connectivity index (χ3n) is 4.55. The standard InChI is InChI=1S/C21H40O2.Na.H2O4S.H/c1-3-5-6-7-8-9-10-11-12-13-14-15-16-17-19-20(18-4-2)21(22)23;;1-5(2,3)4;/h11-12,20H,3-10,13-19H2,1-2H3,(H,22,23);;(H2,1,2,3,4);/q;+1;;-1. The third kappa shape index (κ3) is 35.9. The molecule has 0 aromatic carbocycles. The van der Waals surface area contributed by atoms with E-state index in [-0.39, 0.29) is 36.9 Å². The van der Waals surface area contributed by atoms with Crippen LogP contribution in [-0.2, 0) is 15.2 Å². The first kappa shape index (κ1) is 33.7. The van der Waals surface area contributed by atoms with E-state index in [9.17, 15) is 4.79 Å². The fraction of sp³-hybridized carbons (Fsp3) is 0.857. The fourth-order valence-corrected chi connectivity index (χ4v) is 3.02.